The smallest absolute Gasteiger partial charge is 0.193 e. The molecule has 0 spiro atoms. The molecule has 0 aromatic heterocycles. The van der Waals surface area contributed by atoms with Crippen LogP contribution in [0.2, 0.25) is 0 Å². The molecule has 0 radical (unpaired) electrons. The average molecular weight is 496 g/mol. The summed E-state index contributed by atoms with van der Waals surface area (Å²) in [6.07, 6.45) is 2.34. The van der Waals surface area contributed by atoms with Gasteiger partial charge in [0.15, 0.2) is 5.96 Å². The lowest BCUT2D eigenvalue weighted by molar-refractivity contribution is 0.250. The number of halogens is 1. The molecule has 0 bridgehead atoms. The maximum absolute atomic E-state index is 6.12. The summed E-state index contributed by atoms with van der Waals surface area (Å²) in [5.41, 5.74) is 8.20. The Kier molecular flexibility index (Phi) is 8.85. The van der Waals surface area contributed by atoms with Crippen LogP contribution in [-0.4, -0.2) is 44.2 Å². The van der Waals surface area contributed by atoms with Crippen LogP contribution in [0.15, 0.2) is 53.5 Å². The Labute approximate surface area is 184 Å². The van der Waals surface area contributed by atoms with Gasteiger partial charge in [-0.05, 0) is 37.1 Å². The van der Waals surface area contributed by atoms with E-state index in [4.69, 9.17) is 15.2 Å². The SMILES string of the molecule is COc1ccc(OC)c(NC(N)=NCC2CCCN2Cc2ccccc2)c1.I. The molecule has 7 heteroatoms. The largest absolute Gasteiger partial charge is 0.497 e. The van der Waals surface area contributed by atoms with E-state index in [1.165, 1.54) is 12.0 Å². The van der Waals surface area contributed by atoms with Gasteiger partial charge in [0, 0.05) is 18.7 Å². The summed E-state index contributed by atoms with van der Waals surface area (Å²) in [6, 6.07) is 16.5. The van der Waals surface area contributed by atoms with Gasteiger partial charge in [-0.15, -0.1) is 24.0 Å². The fourth-order valence-corrected chi connectivity index (χ4v) is 3.42. The van der Waals surface area contributed by atoms with Gasteiger partial charge in [0.05, 0.1) is 26.5 Å². The second-order valence-corrected chi connectivity index (χ2v) is 6.67. The van der Waals surface area contributed by atoms with Gasteiger partial charge in [0.2, 0.25) is 0 Å². The van der Waals surface area contributed by atoms with Crippen molar-refractivity contribution in [2.45, 2.75) is 25.4 Å². The van der Waals surface area contributed by atoms with Crippen molar-refractivity contribution in [3.8, 4) is 11.5 Å². The van der Waals surface area contributed by atoms with E-state index in [1.807, 2.05) is 18.2 Å². The van der Waals surface area contributed by atoms with Crippen LogP contribution in [0.25, 0.3) is 0 Å². The maximum atomic E-state index is 6.12. The molecule has 6 nitrogen and oxygen atoms in total. The summed E-state index contributed by atoms with van der Waals surface area (Å²) in [5, 5.41) is 3.13. The van der Waals surface area contributed by atoms with Crippen LogP contribution in [0.1, 0.15) is 18.4 Å². The lowest BCUT2D eigenvalue weighted by atomic mass is 10.2. The van der Waals surface area contributed by atoms with Crippen LogP contribution in [0.4, 0.5) is 5.69 Å². The molecule has 2 aromatic carbocycles. The van der Waals surface area contributed by atoms with Gasteiger partial charge in [-0.25, -0.2) is 0 Å². The predicted molar refractivity (Wildman–Crippen MR) is 125 cm³/mol. The number of aliphatic imine (C=N–C) groups is 1. The number of hydrogen-bond donors (Lipinski definition) is 2. The molecule has 3 N–H and O–H groups in total. The minimum absolute atomic E-state index is 0. The molecule has 2 aromatic rings. The van der Waals surface area contributed by atoms with E-state index >= 15 is 0 Å². The van der Waals surface area contributed by atoms with Crippen LogP contribution in [0, 0.1) is 0 Å². The quantitative estimate of drug-likeness (QED) is 0.348. The number of anilines is 1. The number of rotatable bonds is 7. The fourth-order valence-electron chi connectivity index (χ4n) is 3.42. The summed E-state index contributed by atoms with van der Waals surface area (Å²) in [5.74, 6) is 1.81. The van der Waals surface area contributed by atoms with E-state index in [0.717, 1.165) is 30.9 Å². The van der Waals surface area contributed by atoms with E-state index in [1.54, 1.807) is 14.2 Å². The van der Waals surface area contributed by atoms with E-state index in [0.29, 0.717) is 24.3 Å². The second-order valence-electron chi connectivity index (χ2n) is 6.67. The average Bonchev–Trinajstić information content (AvgIpc) is 3.14. The van der Waals surface area contributed by atoms with Crippen LogP contribution in [0.5, 0.6) is 11.5 Å². The number of nitrogens with zero attached hydrogens (tertiary/aromatic N) is 2. The number of methoxy groups -OCH3 is 2. The van der Waals surface area contributed by atoms with E-state index in [-0.39, 0.29) is 24.0 Å². The highest BCUT2D eigenvalue weighted by Crippen LogP contribution is 2.28. The number of benzene rings is 2. The van der Waals surface area contributed by atoms with Crippen molar-refractivity contribution in [1.29, 1.82) is 0 Å². The molecule has 1 unspecified atom stereocenters. The van der Waals surface area contributed by atoms with Gasteiger partial charge >= 0.3 is 0 Å². The van der Waals surface area contributed by atoms with Crippen LogP contribution >= 0.6 is 24.0 Å². The van der Waals surface area contributed by atoms with E-state index < -0.39 is 0 Å². The summed E-state index contributed by atoms with van der Waals surface area (Å²) in [7, 11) is 3.25. The zero-order valence-corrected chi connectivity index (χ0v) is 18.8. The molecule has 1 saturated heterocycles. The van der Waals surface area contributed by atoms with Crippen LogP contribution in [-0.2, 0) is 6.54 Å². The van der Waals surface area contributed by atoms with Gasteiger partial charge in [-0.1, -0.05) is 30.3 Å². The Morgan fingerprint density at radius 1 is 1.18 bits per heavy atom. The minimum Gasteiger partial charge on any atom is -0.497 e. The Hall–Kier alpha value is -2.00. The number of nitrogens with two attached hydrogens (primary N) is 1. The van der Waals surface area contributed by atoms with Crippen molar-refractivity contribution >= 4 is 35.6 Å². The Morgan fingerprint density at radius 2 is 1.96 bits per heavy atom. The topological polar surface area (TPSA) is 72.1 Å². The highest BCUT2D eigenvalue weighted by atomic mass is 127. The highest BCUT2D eigenvalue weighted by Gasteiger charge is 2.24. The molecule has 1 aliphatic heterocycles. The zero-order chi connectivity index (χ0) is 19.1. The van der Waals surface area contributed by atoms with E-state index in [9.17, 15) is 0 Å². The Morgan fingerprint density at radius 3 is 2.68 bits per heavy atom. The van der Waals surface area contributed by atoms with Crippen LogP contribution < -0.4 is 20.5 Å². The van der Waals surface area contributed by atoms with Gasteiger partial charge in [-0.2, -0.15) is 0 Å². The molecule has 152 valence electrons. The molecule has 1 aliphatic rings. The third-order valence-electron chi connectivity index (χ3n) is 4.87. The van der Waals surface area contributed by atoms with Crippen molar-refractivity contribution in [2.24, 2.45) is 10.7 Å². The number of guanidine groups is 1. The van der Waals surface area contributed by atoms with E-state index in [2.05, 4.69) is 45.5 Å². The molecular weight excluding hydrogens is 467 g/mol. The fraction of sp³-hybridized carbons (Fsp3) is 0.381. The molecule has 1 heterocycles. The first-order chi connectivity index (χ1) is 13.2. The Bertz CT molecular complexity index is 770. The third kappa shape index (κ3) is 6.00. The lowest BCUT2D eigenvalue weighted by Crippen LogP contribution is -2.33. The van der Waals surface area contributed by atoms with Gasteiger partial charge in [0.1, 0.15) is 11.5 Å². The van der Waals surface area contributed by atoms with Crippen molar-refractivity contribution < 1.29 is 9.47 Å². The molecule has 1 atom stereocenters. The Balaban J connectivity index is 0.00000280. The molecular formula is C21H29IN4O2. The molecule has 3 rings (SSSR count). The molecule has 1 fully saturated rings. The normalized spacial score (nSPS) is 17.1. The summed E-state index contributed by atoms with van der Waals surface area (Å²) < 4.78 is 10.6. The summed E-state index contributed by atoms with van der Waals surface area (Å²) >= 11 is 0. The molecule has 0 amide bonds. The predicted octanol–water partition coefficient (Wildman–Crippen LogP) is 3.71. The summed E-state index contributed by atoms with van der Waals surface area (Å²) in [6.45, 7) is 2.74. The van der Waals surface area contributed by atoms with Crippen molar-refractivity contribution in [3.05, 3.63) is 54.1 Å². The van der Waals surface area contributed by atoms with Crippen molar-refractivity contribution in [1.82, 2.24) is 4.90 Å². The first kappa shape index (κ1) is 22.3. The number of nitrogens with one attached hydrogen (secondary N) is 1. The van der Waals surface area contributed by atoms with Gasteiger partial charge < -0.3 is 20.5 Å². The first-order valence-electron chi connectivity index (χ1n) is 9.26. The second kappa shape index (κ2) is 11.1. The first-order valence-corrected chi connectivity index (χ1v) is 9.26. The van der Waals surface area contributed by atoms with Crippen molar-refractivity contribution in [3.63, 3.8) is 0 Å². The third-order valence-corrected chi connectivity index (χ3v) is 4.87. The standard InChI is InChI=1S/C21H28N4O2.HI/c1-26-18-10-11-20(27-2)19(13-18)24-21(22)23-14-17-9-6-12-25(17)15-16-7-4-3-5-8-16;/h3-5,7-8,10-11,13,17H,6,9,12,14-15H2,1-2H3,(H3,22,23,24);1H. The monoisotopic (exact) mass is 496 g/mol. The summed E-state index contributed by atoms with van der Waals surface area (Å²) in [4.78, 5) is 7.05. The zero-order valence-electron chi connectivity index (χ0n) is 16.4. The highest BCUT2D eigenvalue weighted by molar-refractivity contribution is 14.0. The van der Waals surface area contributed by atoms with Crippen LogP contribution in [0.3, 0.4) is 0 Å². The molecule has 0 saturated carbocycles. The number of likely N-dealkylation sites (tertiary alicyclic amines) is 1. The number of ether oxygens (including phenoxy) is 2. The molecule has 28 heavy (non-hydrogen) atoms. The molecule has 0 aliphatic carbocycles. The van der Waals surface area contributed by atoms with Crippen molar-refractivity contribution in [2.75, 3.05) is 32.6 Å². The maximum Gasteiger partial charge on any atom is 0.193 e. The minimum atomic E-state index is 0. The van der Waals surface area contributed by atoms with Gasteiger partial charge in [0.25, 0.3) is 0 Å². The number of hydrogen-bond acceptors (Lipinski definition) is 4. The van der Waals surface area contributed by atoms with Gasteiger partial charge in [-0.3, -0.25) is 9.89 Å². The lowest BCUT2D eigenvalue weighted by Gasteiger charge is -2.23.